The Kier molecular flexibility index (Phi) is 2.63. The average Bonchev–Trinajstić information content (AvgIpc) is 2.55. The minimum atomic E-state index is -0.0307. The number of nitrogens with one attached hydrogen (secondary N) is 1. The van der Waals surface area contributed by atoms with Gasteiger partial charge in [-0.2, -0.15) is 0 Å². The van der Waals surface area contributed by atoms with Crippen LogP contribution in [0, 0.1) is 6.92 Å². The number of nitrogens with two attached hydrogens (primary N) is 1. The van der Waals surface area contributed by atoms with Crippen LogP contribution in [-0.2, 0) is 0 Å². The van der Waals surface area contributed by atoms with E-state index in [4.69, 9.17) is 5.73 Å². The third-order valence-electron chi connectivity index (χ3n) is 2.43. The van der Waals surface area contributed by atoms with E-state index < -0.39 is 0 Å². The van der Waals surface area contributed by atoms with Crippen LogP contribution in [-0.4, -0.2) is 17.3 Å². The Morgan fingerprint density at radius 3 is 2.93 bits per heavy atom. The number of aryl methyl sites for hydroxylation is 1. The molecule has 0 atom stereocenters. The van der Waals surface area contributed by atoms with Gasteiger partial charge >= 0.3 is 0 Å². The molecular weight excluding hydrogens is 256 g/mol. The SMILES string of the molecule is Cc1[nH]c2c(Br)cccc2c1C(=O)CN. The highest BCUT2D eigenvalue weighted by Crippen LogP contribution is 2.28. The van der Waals surface area contributed by atoms with Crippen LogP contribution >= 0.6 is 15.9 Å². The molecule has 78 valence electrons. The average molecular weight is 267 g/mol. The van der Waals surface area contributed by atoms with E-state index >= 15 is 0 Å². The van der Waals surface area contributed by atoms with E-state index in [1.165, 1.54) is 0 Å². The molecule has 0 bridgehead atoms. The molecule has 0 fully saturated rings. The molecule has 15 heavy (non-hydrogen) atoms. The van der Waals surface area contributed by atoms with Crippen LogP contribution in [0.25, 0.3) is 10.9 Å². The quantitative estimate of drug-likeness (QED) is 0.821. The summed E-state index contributed by atoms with van der Waals surface area (Å²) in [6.45, 7) is 1.93. The highest BCUT2D eigenvalue weighted by molar-refractivity contribution is 9.10. The molecule has 0 amide bonds. The van der Waals surface area contributed by atoms with Crippen molar-refractivity contribution in [3.63, 3.8) is 0 Å². The molecule has 1 heterocycles. The number of aromatic nitrogens is 1. The van der Waals surface area contributed by atoms with Crippen LogP contribution in [0.3, 0.4) is 0 Å². The van der Waals surface area contributed by atoms with Gasteiger partial charge in [-0.1, -0.05) is 12.1 Å². The number of hydrogen-bond donors (Lipinski definition) is 2. The second-order valence-corrected chi connectivity index (χ2v) is 4.27. The first-order chi connectivity index (χ1) is 7.15. The summed E-state index contributed by atoms with van der Waals surface area (Å²) in [6.07, 6.45) is 0. The number of carbonyl (C=O) groups is 1. The smallest absolute Gasteiger partial charge is 0.178 e. The summed E-state index contributed by atoms with van der Waals surface area (Å²) in [7, 11) is 0. The number of ketones is 1. The van der Waals surface area contributed by atoms with Gasteiger partial charge in [-0.15, -0.1) is 0 Å². The molecule has 0 saturated heterocycles. The molecule has 3 N–H and O–H groups in total. The summed E-state index contributed by atoms with van der Waals surface area (Å²) < 4.78 is 0.958. The zero-order chi connectivity index (χ0) is 11.0. The van der Waals surface area contributed by atoms with Gasteiger partial charge in [0, 0.05) is 21.1 Å². The zero-order valence-electron chi connectivity index (χ0n) is 8.30. The summed E-state index contributed by atoms with van der Waals surface area (Å²) in [5.74, 6) is -0.0307. The molecule has 2 rings (SSSR count). The standard InChI is InChI=1S/C11H11BrN2O/c1-6-10(9(15)5-13)7-3-2-4-8(12)11(7)14-6/h2-4,14H,5,13H2,1H3. The number of benzene rings is 1. The number of carbonyl (C=O) groups excluding carboxylic acids is 1. The highest BCUT2D eigenvalue weighted by Gasteiger charge is 2.15. The summed E-state index contributed by atoms with van der Waals surface area (Å²) in [5.41, 5.74) is 7.91. The van der Waals surface area contributed by atoms with Crippen molar-refractivity contribution >= 4 is 32.6 Å². The van der Waals surface area contributed by atoms with Crippen LogP contribution in [0.1, 0.15) is 16.1 Å². The summed E-state index contributed by atoms with van der Waals surface area (Å²) in [4.78, 5) is 14.8. The Balaban J connectivity index is 2.79. The van der Waals surface area contributed by atoms with Crippen LogP contribution in [0.4, 0.5) is 0 Å². The van der Waals surface area contributed by atoms with E-state index in [9.17, 15) is 4.79 Å². The molecule has 3 nitrogen and oxygen atoms in total. The minimum absolute atomic E-state index is 0.0307. The molecule has 0 saturated carbocycles. The lowest BCUT2D eigenvalue weighted by Gasteiger charge is -1.97. The Bertz CT molecular complexity index is 531. The summed E-state index contributed by atoms with van der Waals surface area (Å²) in [5, 5.41) is 0.928. The third-order valence-corrected chi connectivity index (χ3v) is 3.10. The van der Waals surface area contributed by atoms with Gasteiger partial charge in [-0.05, 0) is 28.9 Å². The molecule has 1 aromatic carbocycles. The Labute approximate surface area is 95.8 Å². The third kappa shape index (κ3) is 1.60. The number of para-hydroxylation sites is 1. The number of rotatable bonds is 2. The normalized spacial score (nSPS) is 10.9. The van der Waals surface area contributed by atoms with E-state index in [0.717, 1.165) is 21.1 Å². The van der Waals surface area contributed by atoms with Gasteiger partial charge in [-0.25, -0.2) is 0 Å². The van der Waals surface area contributed by atoms with Crippen molar-refractivity contribution in [2.45, 2.75) is 6.92 Å². The number of fused-ring (bicyclic) bond motifs is 1. The van der Waals surface area contributed by atoms with Gasteiger partial charge in [0.2, 0.25) is 0 Å². The zero-order valence-corrected chi connectivity index (χ0v) is 9.89. The second kappa shape index (κ2) is 3.79. The lowest BCUT2D eigenvalue weighted by molar-refractivity contribution is 0.100. The molecule has 0 radical (unpaired) electrons. The maximum absolute atomic E-state index is 11.7. The number of aromatic amines is 1. The monoisotopic (exact) mass is 266 g/mol. The first-order valence-corrected chi connectivity index (χ1v) is 5.44. The number of hydrogen-bond acceptors (Lipinski definition) is 2. The van der Waals surface area contributed by atoms with E-state index in [2.05, 4.69) is 20.9 Å². The minimum Gasteiger partial charge on any atom is -0.357 e. The molecule has 4 heteroatoms. The molecule has 0 aliphatic heterocycles. The molecule has 1 aromatic heterocycles. The Morgan fingerprint density at radius 2 is 2.27 bits per heavy atom. The first-order valence-electron chi connectivity index (χ1n) is 4.65. The fourth-order valence-corrected chi connectivity index (χ4v) is 2.24. The van der Waals surface area contributed by atoms with Crippen molar-refractivity contribution in [2.75, 3.05) is 6.54 Å². The molecule has 0 aliphatic rings. The Hall–Kier alpha value is -1.13. The van der Waals surface area contributed by atoms with Crippen molar-refractivity contribution in [1.29, 1.82) is 0 Å². The fourth-order valence-electron chi connectivity index (χ4n) is 1.77. The fraction of sp³-hybridized carbons (Fsp3) is 0.182. The number of Topliss-reactive ketones (excluding diaryl/α,β-unsaturated/α-hetero) is 1. The topological polar surface area (TPSA) is 58.9 Å². The second-order valence-electron chi connectivity index (χ2n) is 3.41. The van der Waals surface area contributed by atoms with Gasteiger partial charge in [-0.3, -0.25) is 4.79 Å². The van der Waals surface area contributed by atoms with Gasteiger partial charge in [0.05, 0.1) is 12.1 Å². The van der Waals surface area contributed by atoms with Crippen molar-refractivity contribution in [2.24, 2.45) is 5.73 Å². The molecule has 2 aromatic rings. The van der Waals surface area contributed by atoms with Crippen LogP contribution < -0.4 is 5.73 Å². The molecule has 0 aliphatic carbocycles. The van der Waals surface area contributed by atoms with E-state index in [1.54, 1.807) is 0 Å². The van der Waals surface area contributed by atoms with Gasteiger partial charge in [0.1, 0.15) is 0 Å². The maximum atomic E-state index is 11.7. The van der Waals surface area contributed by atoms with Crippen molar-refractivity contribution in [3.05, 3.63) is 33.9 Å². The molecule has 0 spiro atoms. The van der Waals surface area contributed by atoms with Crippen molar-refractivity contribution < 1.29 is 4.79 Å². The number of H-pyrrole nitrogens is 1. The summed E-state index contributed by atoms with van der Waals surface area (Å²) >= 11 is 3.44. The number of halogens is 1. The van der Waals surface area contributed by atoms with E-state index in [0.29, 0.717) is 5.56 Å². The lowest BCUT2D eigenvalue weighted by atomic mass is 10.1. The maximum Gasteiger partial charge on any atom is 0.178 e. The van der Waals surface area contributed by atoms with Crippen LogP contribution in [0.5, 0.6) is 0 Å². The van der Waals surface area contributed by atoms with E-state index in [-0.39, 0.29) is 12.3 Å². The van der Waals surface area contributed by atoms with Gasteiger partial charge in [0.15, 0.2) is 5.78 Å². The first kappa shape index (κ1) is 10.4. The predicted octanol–water partition coefficient (Wildman–Crippen LogP) is 2.38. The van der Waals surface area contributed by atoms with Crippen molar-refractivity contribution in [1.82, 2.24) is 4.98 Å². The molecule has 0 unspecified atom stereocenters. The summed E-state index contributed by atoms with van der Waals surface area (Å²) in [6, 6.07) is 5.77. The van der Waals surface area contributed by atoms with Crippen LogP contribution in [0.2, 0.25) is 0 Å². The van der Waals surface area contributed by atoms with E-state index in [1.807, 2.05) is 25.1 Å². The largest absolute Gasteiger partial charge is 0.357 e. The Morgan fingerprint density at radius 1 is 1.53 bits per heavy atom. The van der Waals surface area contributed by atoms with Crippen LogP contribution in [0.15, 0.2) is 22.7 Å². The lowest BCUT2D eigenvalue weighted by Crippen LogP contribution is -2.14. The predicted molar refractivity (Wildman–Crippen MR) is 64.1 cm³/mol. The van der Waals surface area contributed by atoms with Gasteiger partial charge < -0.3 is 10.7 Å². The van der Waals surface area contributed by atoms with Gasteiger partial charge in [0.25, 0.3) is 0 Å². The van der Waals surface area contributed by atoms with Crippen molar-refractivity contribution in [3.8, 4) is 0 Å². The molecular formula is C11H11BrN2O. The highest BCUT2D eigenvalue weighted by atomic mass is 79.9.